The van der Waals surface area contributed by atoms with Gasteiger partial charge >= 0.3 is 0 Å². The molecule has 0 amide bonds. The molecule has 2 heterocycles. The third-order valence-corrected chi connectivity index (χ3v) is 4.87. The lowest BCUT2D eigenvalue weighted by Crippen LogP contribution is -2.32. The molecule has 4 nitrogen and oxygen atoms in total. The van der Waals surface area contributed by atoms with Gasteiger partial charge in [0.15, 0.2) is 0 Å². The van der Waals surface area contributed by atoms with Crippen molar-refractivity contribution in [2.75, 3.05) is 5.32 Å². The van der Waals surface area contributed by atoms with Crippen LogP contribution < -0.4 is 5.32 Å². The quantitative estimate of drug-likeness (QED) is 0.845. The Morgan fingerprint density at radius 2 is 2.04 bits per heavy atom. The predicted molar refractivity (Wildman–Crippen MR) is 86.3 cm³/mol. The number of hydrogen-bond donors (Lipinski definition) is 1. The summed E-state index contributed by atoms with van der Waals surface area (Å²) in [5, 5.41) is 5.84. The highest BCUT2D eigenvalue weighted by molar-refractivity contribution is 7.13. The lowest BCUT2D eigenvalue weighted by molar-refractivity contribution is -0.0361. The number of rotatable bonds is 4. The van der Waals surface area contributed by atoms with E-state index in [0.717, 1.165) is 17.0 Å². The molecule has 0 spiro atoms. The molecule has 0 saturated heterocycles. The Labute approximate surface area is 137 Å². The molecule has 122 valence electrons. The first-order valence-electron chi connectivity index (χ1n) is 7.49. The minimum atomic E-state index is -2.56. The number of anilines is 1. The predicted octanol–water partition coefficient (Wildman–Crippen LogP) is 4.32. The Morgan fingerprint density at radius 1 is 1.30 bits per heavy atom. The number of thiazole rings is 1. The van der Waals surface area contributed by atoms with Gasteiger partial charge in [-0.3, -0.25) is 4.79 Å². The van der Waals surface area contributed by atoms with E-state index in [4.69, 9.17) is 0 Å². The summed E-state index contributed by atoms with van der Waals surface area (Å²) in [7, 11) is 0. The van der Waals surface area contributed by atoms with Crippen LogP contribution in [0.5, 0.6) is 0 Å². The van der Waals surface area contributed by atoms with Crippen molar-refractivity contribution in [1.29, 1.82) is 0 Å². The van der Waals surface area contributed by atoms with Gasteiger partial charge in [0, 0.05) is 35.5 Å². The van der Waals surface area contributed by atoms with Crippen LogP contribution in [-0.4, -0.2) is 28.2 Å². The fraction of sp³-hybridized carbons (Fsp3) is 0.438. The Kier molecular flexibility index (Phi) is 4.39. The van der Waals surface area contributed by atoms with Crippen molar-refractivity contribution in [3.8, 4) is 10.7 Å². The highest BCUT2D eigenvalue weighted by atomic mass is 32.1. The molecule has 1 fully saturated rings. The minimum absolute atomic E-state index is 0.0464. The zero-order valence-corrected chi connectivity index (χ0v) is 13.5. The van der Waals surface area contributed by atoms with Crippen molar-refractivity contribution in [3.63, 3.8) is 0 Å². The smallest absolute Gasteiger partial charge is 0.248 e. The summed E-state index contributed by atoms with van der Waals surface area (Å²) in [6.45, 7) is 1.89. The highest BCUT2D eigenvalue weighted by Gasteiger charge is 2.34. The summed E-state index contributed by atoms with van der Waals surface area (Å²) in [6, 6.07) is 3.28. The first kappa shape index (κ1) is 16.0. The summed E-state index contributed by atoms with van der Waals surface area (Å²) < 4.78 is 26.5. The third kappa shape index (κ3) is 3.90. The molecule has 1 N–H and O–H groups in total. The van der Waals surface area contributed by atoms with E-state index in [9.17, 15) is 13.6 Å². The number of carbonyl (C=O) groups is 1. The summed E-state index contributed by atoms with van der Waals surface area (Å²) in [6.07, 6.45) is 1.32. The molecule has 0 bridgehead atoms. The Balaban J connectivity index is 1.80. The molecule has 1 aliphatic carbocycles. The van der Waals surface area contributed by atoms with Gasteiger partial charge in [0.05, 0.1) is 0 Å². The average Bonchev–Trinajstić information content (AvgIpc) is 2.96. The SMILES string of the molecule is Cc1csc(-c2cc(C=O)cc(NC3CCC(F)(F)CC3)n2)n1. The van der Waals surface area contributed by atoms with Gasteiger partial charge in [-0.25, -0.2) is 18.7 Å². The van der Waals surface area contributed by atoms with Gasteiger partial charge in [0.1, 0.15) is 22.8 Å². The maximum atomic E-state index is 13.2. The first-order chi connectivity index (χ1) is 10.9. The minimum Gasteiger partial charge on any atom is -0.367 e. The van der Waals surface area contributed by atoms with Crippen molar-refractivity contribution in [2.24, 2.45) is 0 Å². The molecule has 1 aliphatic rings. The number of aryl methyl sites for hydroxylation is 1. The lowest BCUT2D eigenvalue weighted by atomic mass is 9.92. The molecule has 7 heteroatoms. The molecule has 0 radical (unpaired) electrons. The van der Waals surface area contributed by atoms with E-state index < -0.39 is 5.92 Å². The lowest BCUT2D eigenvalue weighted by Gasteiger charge is -2.29. The number of nitrogens with zero attached hydrogens (tertiary/aromatic N) is 2. The number of nitrogens with one attached hydrogen (secondary N) is 1. The van der Waals surface area contributed by atoms with Crippen molar-refractivity contribution in [3.05, 3.63) is 28.8 Å². The van der Waals surface area contributed by atoms with Crippen molar-refractivity contribution < 1.29 is 13.6 Å². The molecule has 0 aliphatic heterocycles. The van der Waals surface area contributed by atoms with Crippen molar-refractivity contribution >= 4 is 23.4 Å². The van der Waals surface area contributed by atoms with Crippen LogP contribution in [0.1, 0.15) is 41.7 Å². The molecular formula is C16H17F2N3OS. The Hall–Kier alpha value is -1.89. The van der Waals surface area contributed by atoms with E-state index in [-0.39, 0.29) is 18.9 Å². The topological polar surface area (TPSA) is 54.9 Å². The second-order valence-electron chi connectivity index (χ2n) is 5.86. The molecular weight excluding hydrogens is 320 g/mol. The van der Waals surface area contributed by atoms with E-state index in [2.05, 4.69) is 15.3 Å². The fourth-order valence-corrected chi connectivity index (χ4v) is 3.43. The molecule has 0 aromatic carbocycles. The van der Waals surface area contributed by atoms with Crippen LogP contribution in [0.25, 0.3) is 10.7 Å². The van der Waals surface area contributed by atoms with Crippen molar-refractivity contribution in [2.45, 2.75) is 44.6 Å². The third-order valence-electron chi connectivity index (χ3n) is 3.89. The van der Waals surface area contributed by atoms with Crippen LogP contribution in [0.3, 0.4) is 0 Å². The van der Waals surface area contributed by atoms with E-state index in [1.54, 1.807) is 12.1 Å². The standard InChI is InChI=1S/C16H17F2N3OS/c1-10-9-23-15(19-10)13-6-11(8-22)7-14(21-13)20-12-2-4-16(17,18)5-3-12/h6-9,12H,2-5H2,1H3,(H,20,21). The average molecular weight is 337 g/mol. The number of pyridine rings is 1. The van der Waals surface area contributed by atoms with Gasteiger partial charge in [0.25, 0.3) is 0 Å². The first-order valence-corrected chi connectivity index (χ1v) is 8.37. The normalized spacial score (nSPS) is 17.9. The second-order valence-corrected chi connectivity index (χ2v) is 6.72. The summed E-state index contributed by atoms with van der Waals surface area (Å²) in [4.78, 5) is 20.0. The number of hydrogen-bond acceptors (Lipinski definition) is 5. The zero-order valence-electron chi connectivity index (χ0n) is 12.7. The Morgan fingerprint density at radius 3 is 2.65 bits per heavy atom. The number of halogens is 2. The van der Waals surface area contributed by atoms with Gasteiger partial charge < -0.3 is 5.32 Å². The molecule has 2 aromatic rings. The molecule has 2 aromatic heterocycles. The fourth-order valence-electron chi connectivity index (χ4n) is 2.67. The largest absolute Gasteiger partial charge is 0.367 e. The van der Waals surface area contributed by atoms with E-state index in [1.165, 1.54) is 11.3 Å². The van der Waals surface area contributed by atoms with Gasteiger partial charge in [-0.1, -0.05) is 0 Å². The van der Waals surface area contributed by atoms with Crippen LogP contribution >= 0.6 is 11.3 Å². The Bertz CT molecular complexity index is 707. The maximum absolute atomic E-state index is 13.2. The molecule has 3 rings (SSSR count). The number of alkyl halides is 2. The van der Waals surface area contributed by atoms with E-state index >= 15 is 0 Å². The van der Waals surface area contributed by atoms with Gasteiger partial charge in [-0.2, -0.15) is 0 Å². The number of aldehydes is 1. The maximum Gasteiger partial charge on any atom is 0.248 e. The van der Waals surface area contributed by atoms with Gasteiger partial charge in [-0.15, -0.1) is 11.3 Å². The highest BCUT2D eigenvalue weighted by Crippen LogP contribution is 2.34. The number of aromatic nitrogens is 2. The summed E-state index contributed by atoms with van der Waals surface area (Å²) >= 11 is 1.46. The van der Waals surface area contributed by atoms with Crippen LogP contribution in [0, 0.1) is 6.92 Å². The molecule has 0 atom stereocenters. The molecule has 23 heavy (non-hydrogen) atoms. The zero-order chi connectivity index (χ0) is 16.4. The van der Waals surface area contributed by atoms with Gasteiger partial charge in [-0.05, 0) is 31.9 Å². The molecule has 0 unspecified atom stereocenters. The van der Waals surface area contributed by atoms with Crippen LogP contribution in [0.15, 0.2) is 17.5 Å². The monoisotopic (exact) mass is 337 g/mol. The summed E-state index contributed by atoms with van der Waals surface area (Å²) in [5.74, 6) is -2.02. The van der Waals surface area contributed by atoms with Crippen LogP contribution in [0.2, 0.25) is 0 Å². The second kappa shape index (κ2) is 6.31. The number of carbonyl (C=O) groups excluding carboxylic acids is 1. The van der Waals surface area contributed by atoms with E-state index in [1.807, 2.05) is 12.3 Å². The van der Waals surface area contributed by atoms with Crippen LogP contribution in [-0.2, 0) is 0 Å². The van der Waals surface area contributed by atoms with Crippen molar-refractivity contribution in [1.82, 2.24) is 9.97 Å². The van der Waals surface area contributed by atoms with Gasteiger partial charge in [0.2, 0.25) is 5.92 Å². The van der Waals surface area contributed by atoms with E-state index in [0.29, 0.717) is 29.9 Å². The molecule has 1 saturated carbocycles. The van der Waals surface area contributed by atoms with Crippen LogP contribution in [0.4, 0.5) is 14.6 Å². The summed E-state index contributed by atoms with van der Waals surface area (Å²) in [5.41, 5.74) is 2.01.